The van der Waals surface area contributed by atoms with Crippen molar-refractivity contribution in [2.45, 2.75) is 103 Å². The van der Waals surface area contributed by atoms with Crippen molar-refractivity contribution < 1.29 is 47.7 Å². The van der Waals surface area contributed by atoms with Crippen LogP contribution in [0.4, 0.5) is 5.69 Å². The van der Waals surface area contributed by atoms with E-state index in [0.717, 1.165) is 30.8 Å². The van der Waals surface area contributed by atoms with Gasteiger partial charge in [-0.1, -0.05) is 64.4 Å². The molecule has 0 bridgehead atoms. The minimum Gasteiger partial charge on any atom is -0.379 e. The summed E-state index contributed by atoms with van der Waals surface area (Å²) in [5.74, 6) is -2.67. The fraction of sp³-hybridized carbons (Fsp3) is 0.703. The Kier molecular flexibility index (Phi) is 20.5. The van der Waals surface area contributed by atoms with Crippen LogP contribution >= 0.6 is 0 Å². The van der Waals surface area contributed by atoms with Crippen molar-refractivity contribution in [2.75, 3.05) is 71.4 Å². The second kappa shape index (κ2) is 24.8. The number of piperidine rings is 1. The number of hydrogen-bond donors (Lipinski definition) is 2. The predicted octanol–water partition coefficient (Wildman–Crippen LogP) is 4.81. The second-order valence-corrected chi connectivity index (χ2v) is 12.6. The molecule has 0 saturated carbocycles. The second-order valence-electron chi connectivity index (χ2n) is 12.6. The van der Waals surface area contributed by atoms with Crippen LogP contribution in [0, 0.1) is 0 Å². The summed E-state index contributed by atoms with van der Waals surface area (Å²) in [5, 5.41) is 4.92. The molecular formula is C37H57N3O10. The van der Waals surface area contributed by atoms with Crippen LogP contribution in [0.5, 0.6) is 0 Å². The molecule has 2 heterocycles. The summed E-state index contributed by atoms with van der Waals surface area (Å²) in [6.45, 7) is 7.79. The van der Waals surface area contributed by atoms with Crippen molar-refractivity contribution in [3.63, 3.8) is 0 Å². The third kappa shape index (κ3) is 14.9. The maximum atomic E-state index is 13.2. The standard InChI is InChI=1S/C37H57N3O10/c1-2-3-4-5-6-7-8-11-19-46-21-23-48-25-27-50-28-26-49-24-22-47-20-12-9-10-16-32(41)38-30-15-13-14-29-34(30)37(45)40(36(29)44)31-17-18-33(42)39-35(31)43/h13-15,31H,2-12,16-28H2,1H3,(H,38,41)(H,39,42,43). The number of hydrogen-bond acceptors (Lipinski definition) is 10. The van der Waals surface area contributed by atoms with E-state index in [9.17, 15) is 24.0 Å². The average molecular weight is 704 g/mol. The highest BCUT2D eigenvalue weighted by Gasteiger charge is 2.45. The van der Waals surface area contributed by atoms with Crippen LogP contribution in [0.15, 0.2) is 18.2 Å². The van der Waals surface area contributed by atoms with Crippen LogP contribution in [-0.2, 0) is 38.1 Å². The summed E-state index contributed by atoms with van der Waals surface area (Å²) >= 11 is 0. The van der Waals surface area contributed by atoms with E-state index in [1.165, 1.54) is 51.0 Å². The van der Waals surface area contributed by atoms with Gasteiger partial charge in [-0.05, 0) is 37.8 Å². The lowest BCUT2D eigenvalue weighted by Gasteiger charge is -2.27. The molecule has 0 radical (unpaired) electrons. The van der Waals surface area contributed by atoms with Gasteiger partial charge < -0.3 is 29.0 Å². The van der Waals surface area contributed by atoms with E-state index in [2.05, 4.69) is 17.6 Å². The Balaban J connectivity index is 1.10. The van der Waals surface area contributed by atoms with Crippen LogP contribution < -0.4 is 10.6 Å². The SMILES string of the molecule is CCCCCCCCCCOCCOCCOCCOCCOCCCCCC(=O)Nc1cccc2c1C(=O)N(C1CCC(=O)NC1=O)C2=O. The number of carbonyl (C=O) groups is 5. The Morgan fingerprint density at radius 2 is 1.22 bits per heavy atom. The zero-order valence-electron chi connectivity index (χ0n) is 29.8. The maximum Gasteiger partial charge on any atom is 0.264 e. The Labute approximate surface area is 296 Å². The summed E-state index contributed by atoms with van der Waals surface area (Å²) in [7, 11) is 0. The van der Waals surface area contributed by atoms with Crippen LogP contribution in [0.25, 0.3) is 0 Å². The highest BCUT2D eigenvalue weighted by atomic mass is 16.6. The Hall–Kier alpha value is -3.23. The van der Waals surface area contributed by atoms with Crippen molar-refractivity contribution in [3.8, 4) is 0 Å². The van der Waals surface area contributed by atoms with E-state index >= 15 is 0 Å². The minimum atomic E-state index is -1.06. The molecule has 50 heavy (non-hydrogen) atoms. The molecule has 280 valence electrons. The molecule has 1 aromatic carbocycles. The van der Waals surface area contributed by atoms with Gasteiger partial charge in [0.2, 0.25) is 17.7 Å². The first-order valence-corrected chi connectivity index (χ1v) is 18.5. The normalized spacial score (nSPS) is 15.9. The van der Waals surface area contributed by atoms with Crippen LogP contribution in [-0.4, -0.2) is 107 Å². The van der Waals surface area contributed by atoms with Gasteiger partial charge in [-0.3, -0.25) is 34.2 Å². The first-order valence-electron chi connectivity index (χ1n) is 18.5. The molecule has 2 aliphatic rings. The number of ether oxygens (including phenoxy) is 5. The highest BCUT2D eigenvalue weighted by molar-refractivity contribution is 6.26. The van der Waals surface area contributed by atoms with Crippen LogP contribution in [0.1, 0.15) is 118 Å². The lowest BCUT2D eigenvalue weighted by molar-refractivity contribution is -0.136. The summed E-state index contributed by atoms with van der Waals surface area (Å²) in [5.41, 5.74) is 0.414. The summed E-state index contributed by atoms with van der Waals surface area (Å²) in [6, 6.07) is 3.56. The largest absolute Gasteiger partial charge is 0.379 e. The van der Waals surface area contributed by atoms with Gasteiger partial charge in [0, 0.05) is 26.1 Å². The van der Waals surface area contributed by atoms with Gasteiger partial charge in [-0.15, -0.1) is 0 Å². The number of nitrogens with zero attached hydrogens (tertiary/aromatic N) is 1. The van der Waals surface area contributed by atoms with Gasteiger partial charge in [-0.25, -0.2) is 0 Å². The predicted molar refractivity (Wildman–Crippen MR) is 187 cm³/mol. The number of rotatable bonds is 29. The Bertz CT molecular complexity index is 1210. The van der Waals surface area contributed by atoms with Crippen LogP contribution in [0.3, 0.4) is 0 Å². The van der Waals surface area contributed by atoms with Gasteiger partial charge in [0.05, 0.1) is 69.7 Å². The molecule has 3 rings (SSSR count). The first-order chi connectivity index (χ1) is 24.4. The Morgan fingerprint density at radius 1 is 0.700 bits per heavy atom. The molecule has 13 heteroatoms. The summed E-state index contributed by atoms with van der Waals surface area (Å²) < 4.78 is 27.8. The number of amides is 5. The van der Waals surface area contributed by atoms with E-state index < -0.39 is 29.7 Å². The van der Waals surface area contributed by atoms with Gasteiger partial charge in [0.25, 0.3) is 11.8 Å². The summed E-state index contributed by atoms with van der Waals surface area (Å²) in [6.07, 6.45) is 12.9. The average Bonchev–Trinajstić information content (AvgIpc) is 3.35. The number of benzene rings is 1. The third-order valence-electron chi connectivity index (χ3n) is 8.56. The minimum absolute atomic E-state index is 0.0367. The lowest BCUT2D eigenvalue weighted by atomic mass is 10.0. The molecular weight excluding hydrogens is 646 g/mol. The molecule has 1 unspecified atom stereocenters. The summed E-state index contributed by atoms with van der Waals surface area (Å²) in [4.78, 5) is 63.4. The van der Waals surface area contributed by atoms with Crippen molar-refractivity contribution in [1.29, 1.82) is 0 Å². The van der Waals surface area contributed by atoms with E-state index in [-0.39, 0.29) is 42.0 Å². The number of carbonyl (C=O) groups excluding carboxylic acids is 5. The third-order valence-corrected chi connectivity index (χ3v) is 8.56. The van der Waals surface area contributed by atoms with Gasteiger partial charge in [0.1, 0.15) is 6.04 Å². The van der Waals surface area contributed by atoms with Crippen LogP contribution in [0.2, 0.25) is 0 Å². The zero-order chi connectivity index (χ0) is 35.8. The number of fused-ring (bicyclic) bond motifs is 1. The maximum absolute atomic E-state index is 13.2. The van der Waals surface area contributed by atoms with Crippen molar-refractivity contribution >= 4 is 35.2 Å². The van der Waals surface area contributed by atoms with E-state index in [4.69, 9.17) is 23.7 Å². The lowest BCUT2D eigenvalue weighted by Crippen LogP contribution is -2.54. The van der Waals surface area contributed by atoms with Gasteiger partial charge in [0.15, 0.2) is 0 Å². The van der Waals surface area contributed by atoms with Gasteiger partial charge in [-0.2, -0.15) is 0 Å². The van der Waals surface area contributed by atoms with E-state index in [1.807, 2.05) is 0 Å². The number of anilines is 1. The molecule has 1 aromatic rings. The number of unbranched alkanes of at least 4 members (excludes halogenated alkanes) is 9. The fourth-order valence-corrected chi connectivity index (χ4v) is 5.82. The van der Waals surface area contributed by atoms with Crippen molar-refractivity contribution in [1.82, 2.24) is 10.2 Å². The molecule has 5 amide bonds. The van der Waals surface area contributed by atoms with Crippen molar-refractivity contribution in [3.05, 3.63) is 29.3 Å². The molecule has 1 fully saturated rings. The highest BCUT2D eigenvalue weighted by Crippen LogP contribution is 2.32. The number of nitrogens with one attached hydrogen (secondary N) is 2. The first kappa shape index (κ1) is 41.2. The molecule has 0 spiro atoms. The topological polar surface area (TPSA) is 159 Å². The van der Waals surface area contributed by atoms with E-state index in [1.54, 1.807) is 12.1 Å². The van der Waals surface area contributed by atoms with E-state index in [0.29, 0.717) is 65.9 Å². The smallest absolute Gasteiger partial charge is 0.264 e. The molecule has 13 nitrogen and oxygen atoms in total. The molecule has 0 aromatic heterocycles. The fourth-order valence-electron chi connectivity index (χ4n) is 5.82. The molecule has 1 saturated heterocycles. The molecule has 2 N–H and O–H groups in total. The van der Waals surface area contributed by atoms with Gasteiger partial charge >= 0.3 is 0 Å². The zero-order valence-corrected chi connectivity index (χ0v) is 29.8. The van der Waals surface area contributed by atoms with Crippen molar-refractivity contribution in [2.24, 2.45) is 0 Å². The quantitative estimate of drug-likeness (QED) is 0.0876. The number of imide groups is 2. The molecule has 0 aliphatic carbocycles. The molecule has 2 aliphatic heterocycles. The Morgan fingerprint density at radius 3 is 1.78 bits per heavy atom. The molecule has 1 atom stereocenters. The monoisotopic (exact) mass is 703 g/mol.